The van der Waals surface area contributed by atoms with Gasteiger partial charge in [0.1, 0.15) is 6.04 Å². The first-order valence-electron chi connectivity index (χ1n) is 6.19. The number of imide groups is 1. The van der Waals surface area contributed by atoms with E-state index in [2.05, 4.69) is 5.32 Å². The average Bonchev–Trinajstić information content (AvgIpc) is 2.40. The van der Waals surface area contributed by atoms with Gasteiger partial charge in [-0.25, -0.2) is 13.6 Å². The Labute approximate surface area is 122 Å². The third-order valence-electron chi connectivity index (χ3n) is 3.33. The number of primary sulfonamides is 1. The van der Waals surface area contributed by atoms with Crippen LogP contribution in [0.2, 0.25) is 0 Å². The number of sulfonamides is 1. The molecule has 1 fully saturated rings. The molecule has 0 aliphatic carbocycles. The van der Waals surface area contributed by atoms with Crippen molar-refractivity contribution in [1.29, 1.82) is 0 Å². The van der Waals surface area contributed by atoms with E-state index in [1.54, 1.807) is 0 Å². The zero-order chi connectivity index (χ0) is 15.8. The molecule has 1 aromatic rings. The molecule has 1 atom stereocenters. The summed E-state index contributed by atoms with van der Waals surface area (Å²) in [6.07, 6.45) is 0.619. The Kier molecular flexibility index (Phi) is 3.88. The number of carbonyl (C=O) groups excluding carboxylic acids is 2. The monoisotopic (exact) mass is 312 g/mol. The van der Waals surface area contributed by atoms with Crippen LogP contribution in [0.3, 0.4) is 0 Å². The van der Waals surface area contributed by atoms with Crippen LogP contribution in [-0.4, -0.2) is 38.2 Å². The van der Waals surface area contributed by atoms with Crippen LogP contribution >= 0.6 is 0 Å². The number of nitrogens with zero attached hydrogens (tertiary/aromatic N) is 1. The lowest BCUT2D eigenvalue weighted by Crippen LogP contribution is -2.48. The molecule has 9 heteroatoms. The van der Waals surface area contributed by atoms with Crippen molar-refractivity contribution in [3.63, 3.8) is 0 Å². The molecule has 0 bridgehead atoms. The summed E-state index contributed by atoms with van der Waals surface area (Å²) < 4.78 is 22.4. The normalized spacial score (nSPS) is 19.7. The van der Waals surface area contributed by atoms with Crippen molar-refractivity contribution in [2.45, 2.75) is 23.8 Å². The van der Waals surface area contributed by atoms with Crippen LogP contribution in [0.5, 0.6) is 0 Å². The van der Waals surface area contributed by atoms with Gasteiger partial charge in [0, 0.05) is 13.5 Å². The lowest BCUT2D eigenvalue weighted by Gasteiger charge is -2.29. The van der Waals surface area contributed by atoms with E-state index in [-0.39, 0.29) is 28.8 Å². The maximum absolute atomic E-state index is 12.0. The number of hydrogen-bond acceptors (Lipinski definition) is 6. The van der Waals surface area contributed by atoms with Crippen LogP contribution in [0, 0.1) is 0 Å². The van der Waals surface area contributed by atoms with Crippen molar-refractivity contribution >= 4 is 33.2 Å². The molecule has 1 aromatic carbocycles. The summed E-state index contributed by atoms with van der Waals surface area (Å²) in [5.41, 5.74) is 6.35. The first-order chi connectivity index (χ1) is 9.70. The molecule has 8 nitrogen and oxygen atoms in total. The van der Waals surface area contributed by atoms with Gasteiger partial charge in [-0.05, 0) is 24.6 Å². The fourth-order valence-electron chi connectivity index (χ4n) is 2.09. The van der Waals surface area contributed by atoms with Crippen LogP contribution < -0.4 is 16.2 Å². The van der Waals surface area contributed by atoms with Gasteiger partial charge >= 0.3 is 0 Å². The SMILES string of the molecule is CN1C(=O)CCC(Nc2ccc(S(N)(=O)=O)cc2N)C1=O. The largest absolute Gasteiger partial charge is 0.397 e. The van der Waals surface area contributed by atoms with Gasteiger partial charge in [0.05, 0.1) is 16.3 Å². The van der Waals surface area contributed by atoms with Crippen molar-refractivity contribution in [3.05, 3.63) is 18.2 Å². The zero-order valence-corrected chi connectivity index (χ0v) is 12.2. The number of likely N-dealkylation sites (N-methyl/N-ethyl adjacent to an activating group) is 1. The van der Waals surface area contributed by atoms with Gasteiger partial charge in [-0.3, -0.25) is 14.5 Å². The molecule has 1 unspecified atom stereocenters. The van der Waals surface area contributed by atoms with E-state index in [9.17, 15) is 18.0 Å². The maximum atomic E-state index is 12.0. The van der Waals surface area contributed by atoms with E-state index in [0.29, 0.717) is 12.1 Å². The molecule has 1 aliphatic rings. The molecule has 0 radical (unpaired) electrons. The Morgan fingerprint density at radius 2 is 2.00 bits per heavy atom. The first-order valence-corrected chi connectivity index (χ1v) is 7.74. The molecule has 1 aliphatic heterocycles. The smallest absolute Gasteiger partial charge is 0.251 e. The molecule has 114 valence electrons. The Morgan fingerprint density at radius 3 is 2.57 bits per heavy atom. The summed E-state index contributed by atoms with van der Waals surface area (Å²) >= 11 is 0. The number of nitrogen functional groups attached to an aromatic ring is 1. The summed E-state index contributed by atoms with van der Waals surface area (Å²) in [6, 6.07) is 3.39. The van der Waals surface area contributed by atoms with Crippen molar-refractivity contribution in [1.82, 2.24) is 4.90 Å². The van der Waals surface area contributed by atoms with Crippen molar-refractivity contribution < 1.29 is 18.0 Å². The minimum Gasteiger partial charge on any atom is -0.397 e. The minimum absolute atomic E-state index is 0.104. The number of amides is 2. The molecule has 1 saturated heterocycles. The lowest BCUT2D eigenvalue weighted by molar-refractivity contribution is -0.146. The fraction of sp³-hybridized carbons (Fsp3) is 0.333. The highest BCUT2D eigenvalue weighted by Gasteiger charge is 2.31. The van der Waals surface area contributed by atoms with E-state index in [0.717, 1.165) is 4.90 Å². The number of hydrogen-bond donors (Lipinski definition) is 3. The predicted octanol–water partition coefficient (Wildman–Crippen LogP) is -0.524. The van der Waals surface area contributed by atoms with Gasteiger partial charge in [0.2, 0.25) is 15.9 Å². The van der Waals surface area contributed by atoms with Crippen LogP contribution in [0.4, 0.5) is 11.4 Å². The molecule has 5 N–H and O–H groups in total. The number of nitrogens with two attached hydrogens (primary N) is 2. The number of rotatable bonds is 3. The molecular formula is C12H16N4O4S. The summed E-state index contributed by atoms with van der Waals surface area (Å²) in [7, 11) is -2.41. The Morgan fingerprint density at radius 1 is 1.33 bits per heavy atom. The van der Waals surface area contributed by atoms with Gasteiger partial charge in [-0.15, -0.1) is 0 Å². The van der Waals surface area contributed by atoms with Crippen LogP contribution in [0.1, 0.15) is 12.8 Å². The fourth-order valence-corrected chi connectivity index (χ4v) is 2.64. The molecule has 0 saturated carbocycles. The summed E-state index contributed by atoms with van der Waals surface area (Å²) in [5.74, 6) is -0.572. The van der Waals surface area contributed by atoms with Gasteiger partial charge in [-0.1, -0.05) is 0 Å². The quantitative estimate of drug-likeness (QED) is 0.507. The first kappa shape index (κ1) is 15.3. The van der Waals surface area contributed by atoms with E-state index < -0.39 is 16.1 Å². The average molecular weight is 312 g/mol. The lowest BCUT2D eigenvalue weighted by atomic mass is 10.0. The molecule has 0 aromatic heterocycles. The van der Waals surface area contributed by atoms with Crippen molar-refractivity contribution in [2.24, 2.45) is 5.14 Å². The molecule has 21 heavy (non-hydrogen) atoms. The number of likely N-dealkylation sites (tertiary alicyclic amines) is 1. The zero-order valence-electron chi connectivity index (χ0n) is 11.4. The minimum atomic E-state index is -3.83. The highest BCUT2D eigenvalue weighted by molar-refractivity contribution is 7.89. The van der Waals surface area contributed by atoms with E-state index >= 15 is 0 Å². The van der Waals surface area contributed by atoms with Crippen LogP contribution in [-0.2, 0) is 19.6 Å². The van der Waals surface area contributed by atoms with Gasteiger partial charge in [0.25, 0.3) is 5.91 Å². The van der Waals surface area contributed by atoms with Gasteiger partial charge in [0.15, 0.2) is 0 Å². The number of piperidine rings is 1. The molecule has 0 spiro atoms. The number of anilines is 2. The van der Waals surface area contributed by atoms with E-state index in [1.165, 1.54) is 25.2 Å². The van der Waals surface area contributed by atoms with Crippen LogP contribution in [0.15, 0.2) is 23.1 Å². The second-order valence-corrected chi connectivity index (χ2v) is 6.38. The summed E-state index contributed by atoms with van der Waals surface area (Å²) in [6.45, 7) is 0. The third kappa shape index (κ3) is 3.14. The second-order valence-electron chi connectivity index (χ2n) is 4.82. The highest BCUT2D eigenvalue weighted by atomic mass is 32.2. The molecule has 1 heterocycles. The van der Waals surface area contributed by atoms with Crippen molar-refractivity contribution in [3.8, 4) is 0 Å². The summed E-state index contributed by atoms with van der Waals surface area (Å²) in [5, 5.41) is 7.94. The van der Waals surface area contributed by atoms with E-state index in [4.69, 9.17) is 10.9 Å². The third-order valence-corrected chi connectivity index (χ3v) is 4.24. The number of carbonyl (C=O) groups is 2. The van der Waals surface area contributed by atoms with E-state index in [1.807, 2.05) is 0 Å². The second kappa shape index (κ2) is 5.34. The number of benzene rings is 1. The van der Waals surface area contributed by atoms with Gasteiger partial charge < -0.3 is 11.1 Å². The number of nitrogens with one attached hydrogen (secondary N) is 1. The van der Waals surface area contributed by atoms with Crippen molar-refractivity contribution in [2.75, 3.05) is 18.1 Å². The Balaban J connectivity index is 2.21. The molecule has 2 amide bonds. The molecular weight excluding hydrogens is 296 g/mol. The van der Waals surface area contributed by atoms with Gasteiger partial charge in [-0.2, -0.15) is 0 Å². The van der Waals surface area contributed by atoms with Crippen LogP contribution in [0.25, 0.3) is 0 Å². The molecule has 2 rings (SSSR count). The maximum Gasteiger partial charge on any atom is 0.251 e. The predicted molar refractivity (Wildman–Crippen MR) is 76.6 cm³/mol. The Bertz CT molecular complexity index is 701. The Hall–Kier alpha value is -2.13. The standard InChI is InChI=1S/C12H16N4O4S/c1-16-11(17)5-4-10(12(16)18)15-9-3-2-7(6-8(9)13)21(14,19)20/h2-3,6,10,15H,4-5,13H2,1H3,(H2,14,19,20). The summed E-state index contributed by atoms with van der Waals surface area (Å²) in [4.78, 5) is 24.3. The topological polar surface area (TPSA) is 136 Å². The highest BCUT2D eigenvalue weighted by Crippen LogP contribution is 2.25.